The van der Waals surface area contributed by atoms with Gasteiger partial charge in [0.2, 0.25) is 0 Å². The number of nitrogens with one attached hydrogen (secondary N) is 1. The zero-order valence-electron chi connectivity index (χ0n) is 12.9. The Balaban J connectivity index is 2.16. The van der Waals surface area contributed by atoms with Crippen LogP contribution in [0.5, 0.6) is 0 Å². The van der Waals surface area contributed by atoms with Crippen LogP contribution in [0.15, 0.2) is 12.1 Å². The number of rotatable bonds is 3. The van der Waals surface area contributed by atoms with Crippen molar-refractivity contribution in [3.05, 3.63) is 23.5 Å². The summed E-state index contributed by atoms with van der Waals surface area (Å²) in [7, 11) is 0. The van der Waals surface area contributed by atoms with Gasteiger partial charge in [0.05, 0.1) is 11.4 Å². The van der Waals surface area contributed by atoms with Crippen LogP contribution in [-0.2, 0) is 0 Å². The summed E-state index contributed by atoms with van der Waals surface area (Å²) in [5.41, 5.74) is 3.55. The molecule has 0 amide bonds. The minimum absolute atomic E-state index is 0.534. The third-order valence-corrected chi connectivity index (χ3v) is 3.91. The van der Waals surface area contributed by atoms with E-state index in [0.29, 0.717) is 12.1 Å². The number of piperazine rings is 1. The lowest BCUT2D eigenvalue weighted by Crippen LogP contribution is -2.56. The van der Waals surface area contributed by atoms with Crippen LogP contribution in [0.2, 0.25) is 0 Å². The first-order chi connectivity index (χ1) is 8.97. The number of pyridine rings is 1. The molecule has 0 aliphatic carbocycles. The number of hydrogen-bond acceptors (Lipinski definition) is 3. The molecule has 1 fully saturated rings. The second kappa shape index (κ2) is 5.91. The molecule has 0 bridgehead atoms. The van der Waals surface area contributed by atoms with E-state index in [1.54, 1.807) is 0 Å². The Kier molecular flexibility index (Phi) is 4.46. The average molecular weight is 261 g/mol. The highest BCUT2D eigenvalue weighted by molar-refractivity contribution is 5.52. The Hall–Kier alpha value is -1.09. The smallest absolute Gasteiger partial charge is 0.0609 e. The number of aromatic nitrogens is 1. The minimum Gasteiger partial charge on any atom is -0.365 e. The molecule has 19 heavy (non-hydrogen) atoms. The first kappa shape index (κ1) is 14.3. The molecule has 1 aromatic heterocycles. The fraction of sp³-hybridized carbons (Fsp3) is 0.688. The Morgan fingerprint density at radius 1 is 1.37 bits per heavy atom. The molecule has 2 unspecified atom stereocenters. The molecule has 2 rings (SSSR count). The minimum atomic E-state index is 0.534. The van der Waals surface area contributed by atoms with Crippen molar-refractivity contribution in [1.29, 1.82) is 0 Å². The highest BCUT2D eigenvalue weighted by Gasteiger charge is 2.26. The van der Waals surface area contributed by atoms with Crippen molar-refractivity contribution in [2.24, 2.45) is 5.92 Å². The van der Waals surface area contributed by atoms with Gasteiger partial charge in [0, 0.05) is 30.9 Å². The van der Waals surface area contributed by atoms with Crippen molar-refractivity contribution in [2.75, 3.05) is 18.0 Å². The zero-order chi connectivity index (χ0) is 14.0. The number of nitrogens with zero attached hydrogens (tertiary/aromatic N) is 2. The monoisotopic (exact) mass is 261 g/mol. The van der Waals surface area contributed by atoms with Crippen LogP contribution in [0.3, 0.4) is 0 Å². The molecule has 0 spiro atoms. The third kappa shape index (κ3) is 3.47. The highest BCUT2D eigenvalue weighted by atomic mass is 15.2. The molecule has 0 radical (unpaired) electrons. The van der Waals surface area contributed by atoms with Gasteiger partial charge in [0.15, 0.2) is 0 Å². The molecule has 0 aromatic carbocycles. The van der Waals surface area contributed by atoms with Crippen LogP contribution in [0.4, 0.5) is 5.69 Å². The highest BCUT2D eigenvalue weighted by Crippen LogP contribution is 2.24. The van der Waals surface area contributed by atoms with Gasteiger partial charge >= 0.3 is 0 Å². The Bertz CT molecular complexity index is 428. The summed E-state index contributed by atoms with van der Waals surface area (Å²) in [6, 6.07) is 5.48. The molecule has 2 atom stereocenters. The van der Waals surface area contributed by atoms with E-state index >= 15 is 0 Å². The molecule has 1 aliphatic heterocycles. The van der Waals surface area contributed by atoms with Gasteiger partial charge in [-0.25, -0.2) is 0 Å². The number of anilines is 1. The number of aryl methyl sites for hydroxylation is 2. The van der Waals surface area contributed by atoms with Crippen LogP contribution in [0.25, 0.3) is 0 Å². The quantitative estimate of drug-likeness (QED) is 0.907. The second-order valence-corrected chi connectivity index (χ2v) is 6.29. The van der Waals surface area contributed by atoms with Crippen LogP contribution in [0, 0.1) is 19.8 Å². The summed E-state index contributed by atoms with van der Waals surface area (Å²) in [6.45, 7) is 13.2. The van der Waals surface area contributed by atoms with Crippen molar-refractivity contribution in [2.45, 2.75) is 53.1 Å². The zero-order valence-corrected chi connectivity index (χ0v) is 12.9. The molecular formula is C16H27N3. The Labute approximate surface area is 117 Å². The van der Waals surface area contributed by atoms with Gasteiger partial charge in [-0.3, -0.25) is 4.98 Å². The van der Waals surface area contributed by atoms with E-state index in [-0.39, 0.29) is 0 Å². The summed E-state index contributed by atoms with van der Waals surface area (Å²) < 4.78 is 0. The van der Waals surface area contributed by atoms with Crippen LogP contribution in [0.1, 0.15) is 38.6 Å². The molecule has 1 saturated heterocycles. The fourth-order valence-corrected chi connectivity index (χ4v) is 2.97. The molecule has 1 aliphatic rings. The largest absolute Gasteiger partial charge is 0.365 e. The SMILES string of the molecule is Cc1ccc(N2CC(CC(C)C)NCC2C)c(C)n1. The van der Waals surface area contributed by atoms with Gasteiger partial charge in [-0.05, 0) is 45.2 Å². The first-order valence-corrected chi connectivity index (χ1v) is 7.41. The fourth-order valence-electron chi connectivity index (χ4n) is 2.97. The van der Waals surface area contributed by atoms with Crippen molar-refractivity contribution < 1.29 is 0 Å². The molecule has 1 N–H and O–H groups in total. The van der Waals surface area contributed by atoms with Gasteiger partial charge in [0.1, 0.15) is 0 Å². The molecular weight excluding hydrogens is 234 g/mol. The Morgan fingerprint density at radius 2 is 2.11 bits per heavy atom. The van der Waals surface area contributed by atoms with E-state index in [9.17, 15) is 0 Å². The maximum Gasteiger partial charge on any atom is 0.0609 e. The van der Waals surface area contributed by atoms with Crippen molar-refractivity contribution in [3.63, 3.8) is 0 Å². The van der Waals surface area contributed by atoms with Gasteiger partial charge in [-0.2, -0.15) is 0 Å². The van der Waals surface area contributed by atoms with E-state index in [2.05, 4.69) is 62.0 Å². The lowest BCUT2D eigenvalue weighted by atomic mass is 9.99. The predicted octanol–water partition coefficient (Wildman–Crippen LogP) is 2.91. The second-order valence-electron chi connectivity index (χ2n) is 6.29. The van der Waals surface area contributed by atoms with Crippen molar-refractivity contribution in [3.8, 4) is 0 Å². The average Bonchev–Trinajstić information content (AvgIpc) is 2.31. The van der Waals surface area contributed by atoms with Crippen LogP contribution in [-0.4, -0.2) is 30.2 Å². The predicted molar refractivity (Wildman–Crippen MR) is 81.8 cm³/mol. The summed E-state index contributed by atoms with van der Waals surface area (Å²) in [5, 5.41) is 3.67. The molecule has 106 valence electrons. The summed E-state index contributed by atoms with van der Waals surface area (Å²) in [4.78, 5) is 7.13. The summed E-state index contributed by atoms with van der Waals surface area (Å²) in [6.07, 6.45) is 1.24. The normalized spacial score (nSPS) is 24.0. The van der Waals surface area contributed by atoms with E-state index in [1.165, 1.54) is 12.1 Å². The van der Waals surface area contributed by atoms with Gasteiger partial charge in [-0.15, -0.1) is 0 Å². The van der Waals surface area contributed by atoms with E-state index < -0.39 is 0 Å². The molecule has 3 heteroatoms. The molecule has 1 aromatic rings. The van der Waals surface area contributed by atoms with Crippen LogP contribution >= 0.6 is 0 Å². The Morgan fingerprint density at radius 3 is 2.74 bits per heavy atom. The standard InChI is InChI=1S/C16H27N3/c1-11(2)8-15-10-19(13(4)9-17-15)16-7-6-12(3)18-14(16)5/h6-7,11,13,15,17H,8-10H2,1-5H3. The molecule has 2 heterocycles. The maximum absolute atomic E-state index is 4.61. The summed E-state index contributed by atoms with van der Waals surface area (Å²) in [5.74, 6) is 0.741. The van der Waals surface area contributed by atoms with Crippen LogP contribution < -0.4 is 10.2 Å². The van der Waals surface area contributed by atoms with E-state index in [4.69, 9.17) is 0 Å². The third-order valence-electron chi connectivity index (χ3n) is 3.91. The van der Waals surface area contributed by atoms with Crippen molar-refractivity contribution >= 4 is 5.69 Å². The van der Waals surface area contributed by atoms with E-state index in [1.807, 2.05) is 0 Å². The lowest BCUT2D eigenvalue weighted by Gasteiger charge is -2.41. The van der Waals surface area contributed by atoms with Gasteiger partial charge in [0.25, 0.3) is 0 Å². The first-order valence-electron chi connectivity index (χ1n) is 7.41. The maximum atomic E-state index is 4.61. The van der Waals surface area contributed by atoms with Gasteiger partial charge in [-0.1, -0.05) is 13.8 Å². The number of hydrogen-bond donors (Lipinski definition) is 1. The topological polar surface area (TPSA) is 28.2 Å². The molecule has 0 saturated carbocycles. The van der Waals surface area contributed by atoms with Gasteiger partial charge < -0.3 is 10.2 Å². The molecule has 3 nitrogen and oxygen atoms in total. The van der Waals surface area contributed by atoms with Crippen molar-refractivity contribution in [1.82, 2.24) is 10.3 Å². The lowest BCUT2D eigenvalue weighted by molar-refractivity contribution is 0.355. The summed E-state index contributed by atoms with van der Waals surface area (Å²) >= 11 is 0. The van der Waals surface area contributed by atoms with E-state index in [0.717, 1.165) is 30.4 Å².